The van der Waals surface area contributed by atoms with E-state index in [0.717, 1.165) is 6.42 Å². The van der Waals surface area contributed by atoms with E-state index in [2.05, 4.69) is 31.2 Å². The summed E-state index contributed by atoms with van der Waals surface area (Å²) in [6.07, 6.45) is 1.55. The van der Waals surface area contributed by atoms with Crippen LogP contribution in [-0.2, 0) is 9.53 Å². The van der Waals surface area contributed by atoms with Crippen LogP contribution >= 0.6 is 0 Å². The fraction of sp³-hybridized carbons (Fsp3) is 0.345. The Bertz CT molecular complexity index is 1390. The number of aromatic nitrogens is 2. The number of ether oxygens (including phenoxy) is 1. The van der Waals surface area contributed by atoms with Gasteiger partial charge in [-0.15, -0.1) is 0 Å². The van der Waals surface area contributed by atoms with E-state index in [1.165, 1.54) is 30.3 Å². The molecule has 0 aliphatic carbocycles. The molecule has 0 saturated carbocycles. The second-order valence-corrected chi connectivity index (χ2v) is 10.3. The number of nitrogens with one attached hydrogen (secondary N) is 4. The van der Waals surface area contributed by atoms with Crippen molar-refractivity contribution in [1.29, 1.82) is 0 Å². The van der Waals surface area contributed by atoms with Gasteiger partial charge in [-0.05, 0) is 70.5 Å². The molecule has 12 heteroatoms. The number of benzene rings is 2. The predicted molar refractivity (Wildman–Crippen MR) is 157 cm³/mol. The van der Waals surface area contributed by atoms with Gasteiger partial charge in [0.15, 0.2) is 0 Å². The van der Waals surface area contributed by atoms with Gasteiger partial charge in [0, 0.05) is 36.9 Å². The predicted octanol–water partition coefficient (Wildman–Crippen LogP) is 5.63. The van der Waals surface area contributed by atoms with Crippen molar-refractivity contribution >= 4 is 46.7 Å². The molecule has 3 aromatic rings. The molecule has 0 spiro atoms. The molecule has 0 saturated heterocycles. The first-order valence-electron chi connectivity index (χ1n) is 13.2. The van der Waals surface area contributed by atoms with Crippen LogP contribution in [0.3, 0.4) is 0 Å². The van der Waals surface area contributed by atoms with Crippen molar-refractivity contribution in [2.75, 3.05) is 34.9 Å². The molecule has 0 aliphatic rings. The lowest BCUT2D eigenvalue weighted by Crippen LogP contribution is -2.45. The zero-order valence-electron chi connectivity index (χ0n) is 24.0. The molecule has 1 atom stereocenters. The Hall–Kier alpha value is -4.74. The standard InChI is InChI=1S/C29H36FN7O4/c1-7-14-31-24-23(17-32-27(36-24)35-20-11-8-10-19(30)15-20)26(39)34-22-13-9-12-21(16-22)33-25(38)18(2)37(6)28(40)41-29(3,4)5/h8-13,15-18H,7,14H2,1-6H3,(H,33,38)(H,34,39)(H2,31,32,35,36)/t18-/m0/s1. The third-order valence-electron chi connectivity index (χ3n) is 5.69. The minimum atomic E-state index is -0.813. The lowest BCUT2D eigenvalue weighted by Gasteiger charge is -2.28. The van der Waals surface area contributed by atoms with Crippen LogP contribution in [0.1, 0.15) is 51.4 Å². The van der Waals surface area contributed by atoms with Crippen molar-refractivity contribution in [3.63, 3.8) is 0 Å². The lowest BCUT2D eigenvalue weighted by atomic mass is 10.2. The Kier molecular flexibility index (Phi) is 10.2. The van der Waals surface area contributed by atoms with Crippen molar-refractivity contribution in [1.82, 2.24) is 14.9 Å². The van der Waals surface area contributed by atoms with Gasteiger partial charge in [0.05, 0.1) is 0 Å². The first-order chi connectivity index (χ1) is 19.4. The molecule has 2 aromatic carbocycles. The molecule has 1 aromatic heterocycles. The number of amides is 3. The molecule has 3 amide bonds. The second kappa shape index (κ2) is 13.6. The first-order valence-corrected chi connectivity index (χ1v) is 13.2. The van der Waals surface area contributed by atoms with E-state index in [4.69, 9.17) is 4.74 Å². The van der Waals surface area contributed by atoms with E-state index in [-0.39, 0.29) is 11.5 Å². The maximum atomic E-state index is 13.6. The van der Waals surface area contributed by atoms with Gasteiger partial charge < -0.3 is 26.0 Å². The third-order valence-corrected chi connectivity index (χ3v) is 5.69. The van der Waals surface area contributed by atoms with Gasteiger partial charge in [0.25, 0.3) is 5.91 Å². The number of hydrogen-bond acceptors (Lipinski definition) is 8. The lowest BCUT2D eigenvalue weighted by molar-refractivity contribution is -0.120. The number of carbonyl (C=O) groups excluding carboxylic acids is 3. The maximum absolute atomic E-state index is 13.6. The summed E-state index contributed by atoms with van der Waals surface area (Å²) >= 11 is 0. The van der Waals surface area contributed by atoms with Gasteiger partial charge in [0.2, 0.25) is 11.9 Å². The number of halogens is 1. The van der Waals surface area contributed by atoms with Crippen LogP contribution < -0.4 is 21.3 Å². The van der Waals surface area contributed by atoms with Crippen LogP contribution in [0.4, 0.5) is 38.0 Å². The van der Waals surface area contributed by atoms with E-state index in [1.54, 1.807) is 64.1 Å². The smallest absolute Gasteiger partial charge is 0.410 e. The minimum Gasteiger partial charge on any atom is -0.444 e. The first kappa shape index (κ1) is 30.8. The number of carbonyl (C=O) groups is 3. The third kappa shape index (κ3) is 9.16. The van der Waals surface area contributed by atoms with Crippen LogP contribution in [0.25, 0.3) is 0 Å². The highest BCUT2D eigenvalue weighted by Crippen LogP contribution is 2.22. The molecule has 4 N–H and O–H groups in total. The van der Waals surface area contributed by atoms with Gasteiger partial charge >= 0.3 is 6.09 Å². The van der Waals surface area contributed by atoms with Gasteiger partial charge in [-0.3, -0.25) is 14.5 Å². The average molecular weight is 566 g/mol. The largest absolute Gasteiger partial charge is 0.444 e. The summed E-state index contributed by atoms with van der Waals surface area (Å²) in [5, 5.41) is 11.6. The molecule has 218 valence electrons. The fourth-order valence-corrected chi connectivity index (χ4v) is 3.47. The Labute approximate surface area is 238 Å². The van der Waals surface area contributed by atoms with E-state index >= 15 is 0 Å². The molecule has 0 aliphatic heterocycles. The molecule has 41 heavy (non-hydrogen) atoms. The summed E-state index contributed by atoms with van der Waals surface area (Å²) < 4.78 is 18.9. The number of rotatable bonds is 10. The number of anilines is 5. The average Bonchev–Trinajstić information content (AvgIpc) is 2.90. The Morgan fingerprint density at radius 3 is 2.34 bits per heavy atom. The molecule has 0 unspecified atom stereocenters. The summed E-state index contributed by atoms with van der Waals surface area (Å²) in [5.41, 5.74) is 0.819. The van der Waals surface area contributed by atoms with Gasteiger partial charge in [0.1, 0.15) is 28.8 Å². The quantitative estimate of drug-likeness (QED) is 0.248. The van der Waals surface area contributed by atoms with Crippen LogP contribution in [0.5, 0.6) is 0 Å². The number of likely N-dealkylation sites (N-methyl/N-ethyl adjacent to an activating group) is 1. The van der Waals surface area contributed by atoms with Crippen molar-refractivity contribution < 1.29 is 23.5 Å². The van der Waals surface area contributed by atoms with Gasteiger partial charge in [-0.2, -0.15) is 4.98 Å². The molecule has 1 heterocycles. The molecule has 0 bridgehead atoms. The molecule has 0 fully saturated rings. The van der Waals surface area contributed by atoms with Crippen LogP contribution in [-0.4, -0.2) is 58.0 Å². The van der Waals surface area contributed by atoms with Crippen LogP contribution in [0.2, 0.25) is 0 Å². The van der Waals surface area contributed by atoms with E-state index in [0.29, 0.717) is 29.4 Å². The molecular formula is C29H36FN7O4. The van der Waals surface area contributed by atoms with Crippen molar-refractivity contribution in [2.45, 2.75) is 52.7 Å². The molecule has 11 nitrogen and oxygen atoms in total. The Morgan fingerprint density at radius 2 is 1.68 bits per heavy atom. The zero-order valence-corrected chi connectivity index (χ0v) is 24.0. The minimum absolute atomic E-state index is 0.195. The summed E-state index contributed by atoms with van der Waals surface area (Å²) in [6.45, 7) is 9.37. The highest BCUT2D eigenvalue weighted by molar-refractivity contribution is 6.07. The highest BCUT2D eigenvalue weighted by Gasteiger charge is 2.27. The number of hydrogen-bond donors (Lipinski definition) is 4. The molecule has 0 radical (unpaired) electrons. The van der Waals surface area contributed by atoms with Crippen molar-refractivity contribution in [3.05, 3.63) is 66.1 Å². The monoisotopic (exact) mass is 565 g/mol. The van der Waals surface area contributed by atoms with Crippen molar-refractivity contribution in [2.24, 2.45) is 0 Å². The maximum Gasteiger partial charge on any atom is 0.410 e. The molecule has 3 rings (SSSR count). The van der Waals surface area contributed by atoms with Gasteiger partial charge in [-0.1, -0.05) is 19.1 Å². The Morgan fingerprint density at radius 1 is 1.02 bits per heavy atom. The number of nitrogens with zero attached hydrogens (tertiary/aromatic N) is 3. The van der Waals surface area contributed by atoms with Crippen LogP contribution in [0.15, 0.2) is 54.7 Å². The normalized spacial score (nSPS) is 11.7. The fourth-order valence-electron chi connectivity index (χ4n) is 3.47. The topological polar surface area (TPSA) is 138 Å². The van der Waals surface area contributed by atoms with E-state index in [9.17, 15) is 18.8 Å². The summed E-state index contributed by atoms with van der Waals surface area (Å²) in [6, 6.07) is 11.7. The summed E-state index contributed by atoms with van der Waals surface area (Å²) in [5.74, 6) is -0.800. The van der Waals surface area contributed by atoms with Crippen LogP contribution in [0, 0.1) is 5.82 Å². The second-order valence-electron chi connectivity index (χ2n) is 10.3. The summed E-state index contributed by atoms with van der Waals surface area (Å²) in [4.78, 5) is 48.2. The SMILES string of the molecule is CCCNc1nc(Nc2cccc(F)c2)ncc1C(=O)Nc1cccc(NC(=O)[C@H](C)N(C)C(=O)OC(C)(C)C)c1. The van der Waals surface area contributed by atoms with E-state index < -0.39 is 35.4 Å². The Balaban J connectivity index is 1.71. The van der Waals surface area contributed by atoms with E-state index in [1.807, 2.05) is 6.92 Å². The highest BCUT2D eigenvalue weighted by atomic mass is 19.1. The van der Waals surface area contributed by atoms with Gasteiger partial charge in [-0.25, -0.2) is 14.2 Å². The molecular weight excluding hydrogens is 529 g/mol. The van der Waals surface area contributed by atoms with Crippen molar-refractivity contribution in [3.8, 4) is 0 Å². The zero-order chi connectivity index (χ0) is 30.2. The summed E-state index contributed by atoms with van der Waals surface area (Å²) in [7, 11) is 1.49.